The summed E-state index contributed by atoms with van der Waals surface area (Å²) in [5.41, 5.74) is 12.6. The van der Waals surface area contributed by atoms with E-state index in [1.807, 2.05) is 18.2 Å². The van der Waals surface area contributed by atoms with Gasteiger partial charge in [0.25, 0.3) is 0 Å². The lowest BCUT2D eigenvalue weighted by molar-refractivity contribution is 0.755. The molecule has 4 heteroatoms. The Morgan fingerprint density at radius 2 is 1.94 bits per heavy atom. The van der Waals surface area contributed by atoms with Gasteiger partial charge >= 0.3 is 0 Å². The van der Waals surface area contributed by atoms with Crippen molar-refractivity contribution in [2.24, 2.45) is 16.5 Å². The molecule has 0 saturated heterocycles. The third kappa shape index (κ3) is 5.05. The minimum atomic E-state index is 0.121. The molecular formula is C12H18N4. The predicted molar refractivity (Wildman–Crippen MR) is 67.7 cm³/mol. The molecule has 1 aromatic rings. The second kappa shape index (κ2) is 6.50. The van der Waals surface area contributed by atoms with E-state index in [2.05, 4.69) is 29.0 Å². The van der Waals surface area contributed by atoms with E-state index in [4.69, 9.17) is 11.5 Å². The van der Waals surface area contributed by atoms with Crippen molar-refractivity contribution in [3.05, 3.63) is 48.2 Å². The zero-order valence-electron chi connectivity index (χ0n) is 9.32. The van der Waals surface area contributed by atoms with Gasteiger partial charge in [-0.15, -0.1) is 0 Å². The largest absolute Gasteiger partial charge is 0.385 e. The summed E-state index contributed by atoms with van der Waals surface area (Å²) in [4.78, 5) is 3.89. The molecular weight excluding hydrogens is 200 g/mol. The van der Waals surface area contributed by atoms with Crippen LogP contribution in [0.2, 0.25) is 0 Å². The van der Waals surface area contributed by atoms with Crippen LogP contribution in [-0.4, -0.2) is 12.5 Å². The molecule has 0 bridgehead atoms. The highest BCUT2D eigenvalue weighted by atomic mass is 15.0. The van der Waals surface area contributed by atoms with Crippen molar-refractivity contribution in [2.75, 3.05) is 6.54 Å². The number of nitrogens with zero attached hydrogens (tertiary/aromatic N) is 1. The molecule has 0 radical (unpaired) electrons. The molecule has 16 heavy (non-hydrogen) atoms. The standard InChI is InChI=1S/C12H18N4/c1-10(7-8-15-12(13)14)16-9-11-5-3-2-4-6-11/h2-6,16H,1,7-9H2,(H4,13,14,15). The monoisotopic (exact) mass is 218 g/mol. The number of aliphatic imine (C=N–C) groups is 1. The zero-order valence-corrected chi connectivity index (χ0v) is 9.32. The average molecular weight is 218 g/mol. The number of hydrogen-bond donors (Lipinski definition) is 3. The van der Waals surface area contributed by atoms with Crippen LogP contribution in [0.4, 0.5) is 0 Å². The lowest BCUT2D eigenvalue weighted by Crippen LogP contribution is -2.23. The fourth-order valence-electron chi connectivity index (χ4n) is 1.23. The summed E-state index contributed by atoms with van der Waals surface area (Å²) >= 11 is 0. The van der Waals surface area contributed by atoms with Crippen molar-refractivity contribution in [1.29, 1.82) is 0 Å². The molecule has 0 spiro atoms. The first-order valence-corrected chi connectivity index (χ1v) is 5.19. The molecule has 0 aliphatic heterocycles. The lowest BCUT2D eigenvalue weighted by Gasteiger charge is -2.08. The Hall–Kier alpha value is -1.97. The maximum Gasteiger partial charge on any atom is 0.185 e. The summed E-state index contributed by atoms with van der Waals surface area (Å²) in [5, 5.41) is 3.23. The van der Waals surface area contributed by atoms with Gasteiger partial charge in [0.15, 0.2) is 5.96 Å². The maximum absolute atomic E-state index is 5.22. The fraction of sp³-hybridized carbons (Fsp3) is 0.250. The van der Waals surface area contributed by atoms with Crippen LogP contribution in [-0.2, 0) is 6.54 Å². The van der Waals surface area contributed by atoms with E-state index in [1.54, 1.807) is 0 Å². The average Bonchev–Trinajstić information content (AvgIpc) is 2.27. The summed E-state index contributed by atoms with van der Waals surface area (Å²) in [5.74, 6) is 0.121. The number of rotatable bonds is 6. The quantitative estimate of drug-likeness (QED) is 0.491. The second-order valence-electron chi connectivity index (χ2n) is 3.50. The smallest absolute Gasteiger partial charge is 0.185 e. The van der Waals surface area contributed by atoms with Gasteiger partial charge in [-0.1, -0.05) is 36.9 Å². The van der Waals surface area contributed by atoms with Gasteiger partial charge in [0.1, 0.15) is 0 Å². The van der Waals surface area contributed by atoms with Crippen LogP contribution in [0.25, 0.3) is 0 Å². The molecule has 0 aliphatic rings. The summed E-state index contributed by atoms with van der Waals surface area (Å²) in [7, 11) is 0. The van der Waals surface area contributed by atoms with Gasteiger partial charge in [-0.2, -0.15) is 0 Å². The fourth-order valence-corrected chi connectivity index (χ4v) is 1.23. The summed E-state index contributed by atoms with van der Waals surface area (Å²) in [6.45, 7) is 5.26. The first kappa shape index (κ1) is 12.1. The van der Waals surface area contributed by atoms with Gasteiger partial charge in [-0.05, 0) is 5.56 Å². The summed E-state index contributed by atoms with van der Waals surface area (Å²) < 4.78 is 0. The molecule has 0 aromatic heterocycles. The Morgan fingerprint density at radius 3 is 2.56 bits per heavy atom. The van der Waals surface area contributed by atoms with Crippen LogP contribution < -0.4 is 16.8 Å². The molecule has 0 saturated carbocycles. The highest BCUT2D eigenvalue weighted by Crippen LogP contribution is 2.00. The van der Waals surface area contributed by atoms with Crippen LogP contribution in [0.15, 0.2) is 47.6 Å². The number of guanidine groups is 1. The molecule has 86 valence electrons. The molecule has 0 fully saturated rings. The van der Waals surface area contributed by atoms with E-state index in [-0.39, 0.29) is 5.96 Å². The molecule has 1 rings (SSSR count). The van der Waals surface area contributed by atoms with Crippen molar-refractivity contribution in [1.82, 2.24) is 5.32 Å². The highest BCUT2D eigenvalue weighted by Gasteiger charge is 1.94. The van der Waals surface area contributed by atoms with Crippen LogP contribution in [0.5, 0.6) is 0 Å². The second-order valence-corrected chi connectivity index (χ2v) is 3.50. The van der Waals surface area contributed by atoms with Gasteiger partial charge in [0.05, 0.1) is 0 Å². The summed E-state index contributed by atoms with van der Waals surface area (Å²) in [6, 6.07) is 10.2. The molecule has 1 aromatic carbocycles. The third-order valence-corrected chi connectivity index (χ3v) is 2.09. The maximum atomic E-state index is 5.22. The van der Waals surface area contributed by atoms with Crippen LogP contribution in [0.3, 0.4) is 0 Å². The third-order valence-electron chi connectivity index (χ3n) is 2.09. The lowest BCUT2D eigenvalue weighted by atomic mass is 10.2. The topological polar surface area (TPSA) is 76.4 Å². The molecule has 5 N–H and O–H groups in total. The van der Waals surface area contributed by atoms with Gasteiger partial charge < -0.3 is 16.8 Å². The first-order chi connectivity index (χ1) is 7.68. The SMILES string of the molecule is C=C(CCN=C(N)N)NCc1ccccc1. The normalized spacial score (nSPS) is 9.50. The Morgan fingerprint density at radius 1 is 1.25 bits per heavy atom. The molecule has 0 heterocycles. The molecule has 4 nitrogen and oxygen atoms in total. The van der Waals surface area contributed by atoms with E-state index >= 15 is 0 Å². The van der Waals surface area contributed by atoms with E-state index in [1.165, 1.54) is 5.56 Å². The van der Waals surface area contributed by atoms with Gasteiger partial charge in [-0.3, -0.25) is 4.99 Å². The van der Waals surface area contributed by atoms with Gasteiger partial charge in [-0.25, -0.2) is 0 Å². The van der Waals surface area contributed by atoms with E-state index < -0.39 is 0 Å². The van der Waals surface area contributed by atoms with Crippen LogP contribution >= 0.6 is 0 Å². The van der Waals surface area contributed by atoms with Gasteiger partial charge in [0, 0.05) is 25.2 Å². The van der Waals surface area contributed by atoms with Crippen molar-refractivity contribution in [2.45, 2.75) is 13.0 Å². The molecule has 0 unspecified atom stereocenters. The molecule has 0 aliphatic carbocycles. The number of benzene rings is 1. The van der Waals surface area contributed by atoms with E-state index in [0.717, 1.165) is 18.7 Å². The Balaban J connectivity index is 2.23. The van der Waals surface area contributed by atoms with Crippen molar-refractivity contribution in [3.63, 3.8) is 0 Å². The number of hydrogen-bond acceptors (Lipinski definition) is 2. The highest BCUT2D eigenvalue weighted by molar-refractivity contribution is 5.75. The van der Waals surface area contributed by atoms with Crippen molar-refractivity contribution in [3.8, 4) is 0 Å². The number of nitrogens with one attached hydrogen (secondary N) is 1. The summed E-state index contributed by atoms with van der Waals surface area (Å²) in [6.07, 6.45) is 0.741. The van der Waals surface area contributed by atoms with E-state index in [9.17, 15) is 0 Å². The minimum absolute atomic E-state index is 0.121. The van der Waals surface area contributed by atoms with Crippen molar-refractivity contribution >= 4 is 5.96 Å². The Kier molecular flexibility index (Phi) is 4.92. The van der Waals surface area contributed by atoms with Crippen LogP contribution in [0, 0.1) is 0 Å². The Labute approximate surface area is 96.1 Å². The molecule has 0 amide bonds. The minimum Gasteiger partial charge on any atom is -0.385 e. The zero-order chi connectivity index (χ0) is 11.8. The predicted octanol–water partition coefficient (Wildman–Crippen LogP) is 0.953. The van der Waals surface area contributed by atoms with Gasteiger partial charge in [0.2, 0.25) is 0 Å². The number of nitrogens with two attached hydrogens (primary N) is 2. The Bertz CT molecular complexity index is 353. The van der Waals surface area contributed by atoms with Crippen molar-refractivity contribution < 1.29 is 0 Å². The van der Waals surface area contributed by atoms with Crippen LogP contribution in [0.1, 0.15) is 12.0 Å². The molecule has 0 atom stereocenters. The first-order valence-electron chi connectivity index (χ1n) is 5.19. The van der Waals surface area contributed by atoms with E-state index in [0.29, 0.717) is 6.54 Å².